The molecule has 0 radical (unpaired) electrons. The van der Waals surface area contributed by atoms with E-state index in [4.69, 9.17) is 0 Å². The molecule has 1 atom stereocenters. The maximum absolute atomic E-state index is 4.44. The summed E-state index contributed by atoms with van der Waals surface area (Å²) in [5.74, 6) is 1.80. The summed E-state index contributed by atoms with van der Waals surface area (Å²) in [5, 5.41) is 3.38. The molecule has 1 unspecified atom stereocenters. The van der Waals surface area contributed by atoms with Crippen LogP contribution in [-0.4, -0.2) is 31.7 Å². The molecule has 1 saturated heterocycles. The van der Waals surface area contributed by atoms with Crippen molar-refractivity contribution in [2.45, 2.75) is 6.42 Å². The predicted molar refractivity (Wildman–Crippen MR) is 73.4 cm³/mol. The molecule has 3 nitrogen and oxygen atoms in total. The number of halogens is 2. The summed E-state index contributed by atoms with van der Waals surface area (Å²) in [6.45, 7) is 3.37. The molecule has 0 aliphatic carbocycles. The van der Waals surface area contributed by atoms with Gasteiger partial charge in [0.05, 0.1) is 0 Å². The van der Waals surface area contributed by atoms with Gasteiger partial charge in [0, 0.05) is 13.6 Å². The summed E-state index contributed by atoms with van der Waals surface area (Å²) >= 11 is 3.39. The SMILES string of the molecule is CN(CC1CCNC1)c1cccc(Br)n1.Cl. The molecule has 1 N–H and O–H groups in total. The van der Waals surface area contributed by atoms with Gasteiger partial charge in [-0.3, -0.25) is 0 Å². The lowest BCUT2D eigenvalue weighted by Crippen LogP contribution is -2.27. The first-order valence-electron chi connectivity index (χ1n) is 5.30. The molecule has 2 heterocycles. The van der Waals surface area contributed by atoms with E-state index in [1.54, 1.807) is 0 Å². The molecule has 1 aromatic heterocycles. The second kappa shape index (κ2) is 6.42. The number of nitrogens with zero attached hydrogens (tertiary/aromatic N) is 2. The second-order valence-corrected chi connectivity index (χ2v) is 4.87. The summed E-state index contributed by atoms with van der Waals surface area (Å²) in [7, 11) is 2.10. The lowest BCUT2D eigenvalue weighted by atomic mass is 10.1. The summed E-state index contributed by atoms with van der Waals surface area (Å²) in [4.78, 5) is 6.66. The molecule has 0 spiro atoms. The Hall–Kier alpha value is -0.320. The molecule has 1 aromatic rings. The van der Waals surface area contributed by atoms with Crippen molar-refractivity contribution in [3.05, 3.63) is 22.8 Å². The fourth-order valence-electron chi connectivity index (χ4n) is 1.96. The van der Waals surface area contributed by atoms with Gasteiger partial charge in [0.2, 0.25) is 0 Å². The molecule has 0 saturated carbocycles. The van der Waals surface area contributed by atoms with E-state index in [9.17, 15) is 0 Å². The lowest BCUT2D eigenvalue weighted by Gasteiger charge is -2.21. The van der Waals surface area contributed by atoms with Crippen LogP contribution < -0.4 is 10.2 Å². The molecule has 0 bridgehead atoms. The van der Waals surface area contributed by atoms with Gasteiger partial charge in [0.25, 0.3) is 0 Å². The molecule has 1 aliphatic heterocycles. The fourth-order valence-corrected chi connectivity index (χ4v) is 2.30. The van der Waals surface area contributed by atoms with Gasteiger partial charge in [-0.05, 0) is 53.5 Å². The van der Waals surface area contributed by atoms with Gasteiger partial charge < -0.3 is 10.2 Å². The van der Waals surface area contributed by atoms with Crippen LogP contribution in [0.25, 0.3) is 0 Å². The molecule has 0 aromatic carbocycles. The van der Waals surface area contributed by atoms with Crippen LogP contribution in [-0.2, 0) is 0 Å². The molecule has 90 valence electrons. The first-order chi connectivity index (χ1) is 7.25. The number of hydrogen-bond acceptors (Lipinski definition) is 3. The Labute approximate surface area is 111 Å². The van der Waals surface area contributed by atoms with Crippen LogP contribution in [0.2, 0.25) is 0 Å². The third-order valence-electron chi connectivity index (χ3n) is 2.79. The number of rotatable bonds is 3. The Bertz CT molecular complexity index is 329. The number of pyridine rings is 1. The van der Waals surface area contributed by atoms with Gasteiger partial charge in [-0.2, -0.15) is 0 Å². The van der Waals surface area contributed by atoms with Crippen molar-refractivity contribution in [3.8, 4) is 0 Å². The second-order valence-electron chi connectivity index (χ2n) is 4.06. The highest BCUT2D eigenvalue weighted by atomic mass is 79.9. The van der Waals surface area contributed by atoms with Crippen LogP contribution >= 0.6 is 28.3 Å². The zero-order valence-corrected chi connectivity index (χ0v) is 11.7. The standard InChI is InChI=1S/C11H16BrN3.ClH/c1-15(8-9-5-6-13-7-9)11-4-2-3-10(12)14-11;/h2-4,9,13H,5-8H2,1H3;1H. The van der Waals surface area contributed by atoms with Gasteiger partial charge in [-0.25, -0.2) is 4.98 Å². The summed E-state index contributed by atoms with van der Waals surface area (Å²) < 4.78 is 0.899. The van der Waals surface area contributed by atoms with Crippen LogP contribution in [0.3, 0.4) is 0 Å². The highest BCUT2D eigenvalue weighted by Gasteiger charge is 2.16. The normalized spacial score (nSPS) is 19.2. The molecule has 5 heteroatoms. The van der Waals surface area contributed by atoms with Crippen LogP contribution in [0.1, 0.15) is 6.42 Å². The van der Waals surface area contributed by atoms with Gasteiger partial charge in [-0.1, -0.05) is 6.07 Å². The zero-order valence-electron chi connectivity index (χ0n) is 9.32. The van der Waals surface area contributed by atoms with E-state index in [1.807, 2.05) is 18.2 Å². The van der Waals surface area contributed by atoms with E-state index >= 15 is 0 Å². The average Bonchev–Trinajstić information content (AvgIpc) is 2.70. The van der Waals surface area contributed by atoms with Crippen molar-refractivity contribution < 1.29 is 0 Å². The van der Waals surface area contributed by atoms with Crippen LogP contribution in [0.15, 0.2) is 22.8 Å². The lowest BCUT2D eigenvalue weighted by molar-refractivity contribution is 0.576. The molecule has 1 fully saturated rings. The van der Waals surface area contributed by atoms with Gasteiger partial charge >= 0.3 is 0 Å². The Morgan fingerprint density at radius 3 is 3.00 bits per heavy atom. The van der Waals surface area contributed by atoms with Crippen LogP contribution in [0.5, 0.6) is 0 Å². The Balaban J connectivity index is 0.00000128. The van der Waals surface area contributed by atoms with Crippen molar-refractivity contribution >= 4 is 34.2 Å². The summed E-state index contributed by atoms with van der Waals surface area (Å²) in [6, 6.07) is 6.03. The first kappa shape index (κ1) is 13.7. The van der Waals surface area contributed by atoms with Crippen LogP contribution in [0.4, 0.5) is 5.82 Å². The minimum atomic E-state index is 0. The summed E-state index contributed by atoms with van der Waals surface area (Å²) in [6.07, 6.45) is 1.28. The predicted octanol–water partition coefficient (Wildman–Crippen LogP) is 2.31. The minimum Gasteiger partial charge on any atom is -0.359 e. The molecular weight excluding hydrogens is 289 g/mol. The highest BCUT2D eigenvalue weighted by molar-refractivity contribution is 9.10. The Kier molecular flexibility index (Phi) is 5.52. The molecule has 0 amide bonds. The van der Waals surface area contributed by atoms with Crippen molar-refractivity contribution in [3.63, 3.8) is 0 Å². The first-order valence-corrected chi connectivity index (χ1v) is 6.09. The monoisotopic (exact) mass is 305 g/mol. The Morgan fingerprint density at radius 2 is 2.38 bits per heavy atom. The van der Waals surface area contributed by atoms with Crippen molar-refractivity contribution in [2.75, 3.05) is 31.6 Å². The van der Waals surface area contributed by atoms with E-state index in [2.05, 4.69) is 38.2 Å². The number of hydrogen-bond donors (Lipinski definition) is 1. The van der Waals surface area contributed by atoms with Crippen molar-refractivity contribution in [2.24, 2.45) is 5.92 Å². The number of nitrogens with one attached hydrogen (secondary N) is 1. The molecular formula is C11H17BrClN3. The number of anilines is 1. The quantitative estimate of drug-likeness (QED) is 0.869. The fraction of sp³-hybridized carbons (Fsp3) is 0.545. The van der Waals surface area contributed by atoms with E-state index in [0.29, 0.717) is 0 Å². The average molecular weight is 307 g/mol. The van der Waals surface area contributed by atoms with E-state index < -0.39 is 0 Å². The van der Waals surface area contributed by atoms with Gasteiger partial charge in [0.1, 0.15) is 10.4 Å². The van der Waals surface area contributed by atoms with Crippen molar-refractivity contribution in [1.82, 2.24) is 10.3 Å². The molecule has 2 rings (SSSR count). The minimum absolute atomic E-state index is 0. The van der Waals surface area contributed by atoms with E-state index in [0.717, 1.165) is 36.0 Å². The van der Waals surface area contributed by atoms with Gasteiger partial charge in [0.15, 0.2) is 0 Å². The summed E-state index contributed by atoms with van der Waals surface area (Å²) in [5.41, 5.74) is 0. The van der Waals surface area contributed by atoms with Crippen molar-refractivity contribution in [1.29, 1.82) is 0 Å². The smallest absolute Gasteiger partial charge is 0.129 e. The van der Waals surface area contributed by atoms with E-state index in [-0.39, 0.29) is 12.4 Å². The molecule has 16 heavy (non-hydrogen) atoms. The highest BCUT2D eigenvalue weighted by Crippen LogP contribution is 2.16. The third-order valence-corrected chi connectivity index (χ3v) is 3.23. The van der Waals surface area contributed by atoms with Crippen LogP contribution in [0, 0.1) is 5.92 Å². The van der Waals surface area contributed by atoms with Gasteiger partial charge in [-0.15, -0.1) is 12.4 Å². The largest absolute Gasteiger partial charge is 0.359 e. The number of aromatic nitrogens is 1. The zero-order chi connectivity index (χ0) is 10.7. The third kappa shape index (κ3) is 3.61. The maximum atomic E-state index is 4.44. The topological polar surface area (TPSA) is 28.2 Å². The van der Waals surface area contributed by atoms with E-state index in [1.165, 1.54) is 6.42 Å². The Morgan fingerprint density at radius 1 is 1.56 bits per heavy atom. The maximum Gasteiger partial charge on any atom is 0.129 e. The molecule has 1 aliphatic rings.